The van der Waals surface area contributed by atoms with Crippen molar-refractivity contribution in [2.24, 2.45) is 0 Å². The van der Waals surface area contributed by atoms with Gasteiger partial charge < -0.3 is 4.90 Å². The minimum absolute atomic E-state index is 0.0726. The number of rotatable bonds is 3. The molecule has 0 amide bonds. The lowest BCUT2D eigenvalue weighted by molar-refractivity contribution is 0.308. The van der Waals surface area contributed by atoms with Crippen molar-refractivity contribution in [3.8, 4) is 0 Å². The lowest BCUT2D eigenvalue weighted by atomic mass is 10.1. The molecule has 7 heteroatoms. The Bertz CT molecular complexity index is 870. The maximum atomic E-state index is 12.8. The molecule has 132 valence electrons. The summed E-state index contributed by atoms with van der Waals surface area (Å²) >= 11 is 0. The van der Waals surface area contributed by atoms with Gasteiger partial charge in [-0.1, -0.05) is 18.2 Å². The molecule has 3 heterocycles. The van der Waals surface area contributed by atoms with E-state index in [-0.39, 0.29) is 5.92 Å². The normalized spacial score (nSPS) is 22.0. The summed E-state index contributed by atoms with van der Waals surface area (Å²) in [5.74, 6) is 0.859. The number of sulfonamides is 1. The van der Waals surface area contributed by atoms with Crippen LogP contribution in [-0.2, 0) is 23.0 Å². The molecule has 1 atom stereocenters. The van der Waals surface area contributed by atoms with Crippen LogP contribution in [0.15, 0.2) is 41.4 Å². The van der Waals surface area contributed by atoms with Crippen LogP contribution in [0.1, 0.15) is 29.4 Å². The second-order valence-corrected chi connectivity index (χ2v) is 8.79. The lowest BCUT2D eigenvalue weighted by Crippen LogP contribution is -2.29. The monoisotopic (exact) mass is 358 g/mol. The molecule has 2 aromatic rings. The number of benzene rings is 1. The van der Waals surface area contributed by atoms with Gasteiger partial charge >= 0.3 is 0 Å². The smallest absolute Gasteiger partial charge is 0.243 e. The van der Waals surface area contributed by atoms with E-state index in [9.17, 15) is 8.42 Å². The number of aromatic nitrogens is 2. The molecule has 0 aliphatic carbocycles. The van der Waals surface area contributed by atoms with Gasteiger partial charge in [0.15, 0.2) is 0 Å². The van der Waals surface area contributed by atoms with Crippen LogP contribution in [0.4, 0.5) is 0 Å². The van der Waals surface area contributed by atoms with Crippen molar-refractivity contribution < 1.29 is 8.42 Å². The molecule has 1 unspecified atom stereocenters. The molecule has 1 saturated heterocycles. The summed E-state index contributed by atoms with van der Waals surface area (Å²) in [6.45, 7) is 2.86. The zero-order chi connectivity index (χ0) is 17.4. The van der Waals surface area contributed by atoms with Crippen LogP contribution >= 0.6 is 0 Å². The van der Waals surface area contributed by atoms with Gasteiger partial charge in [-0.15, -0.1) is 0 Å². The van der Waals surface area contributed by atoms with Gasteiger partial charge in [-0.2, -0.15) is 4.31 Å². The van der Waals surface area contributed by atoms with Crippen LogP contribution in [0.25, 0.3) is 0 Å². The molecule has 25 heavy (non-hydrogen) atoms. The highest BCUT2D eigenvalue weighted by atomic mass is 32.2. The fourth-order valence-electron chi connectivity index (χ4n) is 3.57. The second-order valence-electron chi connectivity index (χ2n) is 6.85. The first-order valence-corrected chi connectivity index (χ1v) is 10.1. The molecule has 0 saturated carbocycles. The van der Waals surface area contributed by atoms with Gasteiger partial charge in [-0.25, -0.2) is 18.4 Å². The number of hydrogen-bond acceptors (Lipinski definition) is 5. The van der Waals surface area contributed by atoms with Crippen molar-refractivity contribution in [2.45, 2.75) is 30.2 Å². The maximum absolute atomic E-state index is 12.8. The van der Waals surface area contributed by atoms with Gasteiger partial charge in [0.1, 0.15) is 5.82 Å². The van der Waals surface area contributed by atoms with Gasteiger partial charge in [0.05, 0.1) is 4.90 Å². The molecule has 1 aromatic carbocycles. The minimum atomic E-state index is -3.43. The third-order valence-electron chi connectivity index (χ3n) is 5.04. The molecular formula is C18H22N4O2S. The highest BCUT2D eigenvalue weighted by Gasteiger charge is 2.34. The standard InChI is InChI=1S/C18H22N4O2S/c1-21-9-8-17-15(12-21)11-19-18(20-17)14-7-10-22(13-14)25(23,24)16-5-3-2-4-6-16/h2-6,11,14H,7-10,12-13H2,1H3. The van der Waals surface area contributed by atoms with Crippen molar-refractivity contribution >= 4 is 10.0 Å². The predicted molar refractivity (Wildman–Crippen MR) is 94.6 cm³/mol. The van der Waals surface area contributed by atoms with Gasteiger partial charge in [0.25, 0.3) is 0 Å². The van der Waals surface area contributed by atoms with Crippen molar-refractivity contribution in [1.29, 1.82) is 0 Å². The number of nitrogens with zero attached hydrogens (tertiary/aromatic N) is 4. The van der Waals surface area contributed by atoms with E-state index in [1.807, 2.05) is 12.3 Å². The number of fused-ring (bicyclic) bond motifs is 1. The molecule has 1 fully saturated rings. The first-order chi connectivity index (χ1) is 12.0. The van der Waals surface area contributed by atoms with Crippen LogP contribution in [0.2, 0.25) is 0 Å². The summed E-state index contributed by atoms with van der Waals surface area (Å²) in [6, 6.07) is 8.63. The van der Waals surface area contributed by atoms with E-state index in [0.717, 1.165) is 37.4 Å². The number of hydrogen-bond donors (Lipinski definition) is 0. The predicted octanol–water partition coefficient (Wildman–Crippen LogP) is 1.64. The highest BCUT2D eigenvalue weighted by molar-refractivity contribution is 7.89. The zero-order valence-electron chi connectivity index (χ0n) is 14.3. The molecular weight excluding hydrogens is 336 g/mol. The molecule has 4 rings (SSSR count). The van der Waals surface area contributed by atoms with Crippen LogP contribution in [0.3, 0.4) is 0 Å². The van der Waals surface area contributed by atoms with Gasteiger partial charge in [0, 0.05) is 56.0 Å². The summed E-state index contributed by atoms with van der Waals surface area (Å²) in [4.78, 5) is 11.9. The summed E-state index contributed by atoms with van der Waals surface area (Å²) in [5, 5.41) is 0. The summed E-state index contributed by atoms with van der Waals surface area (Å²) < 4.78 is 27.1. The van der Waals surface area contributed by atoms with E-state index in [0.29, 0.717) is 18.0 Å². The Hall–Kier alpha value is -1.83. The molecule has 6 nitrogen and oxygen atoms in total. The molecule has 0 bridgehead atoms. The van der Waals surface area contributed by atoms with E-state index < -0.39 is 10.0 Å². The van der Waals surface area contributed by atoms with Crippen molar-refractivity contribution in [1.82, 2.24) is 19.2 Å². The lowest BCUT2D eigenvalue weighted by Gasteiger charge is -2.24. The first kappa shape index (κ1) is 16.6. The van der Waals surface area contributed by atoms with Crippen LogP contribution in [-0.4, -0.2) is 54.3 Å². The second kappa shape index (κ2) is 6.48. The van der Waals surface area contributed by atoms with Gasteiger partial charge in [-0.05, 0) is 25.6 Å². The average Bonchev–Trinajstić information content (AvgIpc) is 3.13. The van der Waals surface area contributed by atoms with Crippen LogP contribution in [0, 0.1) is 0 Å². The van der Waals surface area contributed by atoms with E-state index in [4.69, 9.17) is 4.98 Å². The van der Waals surface area contributed by atoms with Crippen LogP contribution < -0.4 is 0 Å². The van der Waals surface area contributed by atoms with E-state index in [1.165, 1.54) is 5.56 Å². The van der Waals surface area contributed by atoms with E-state index in [2.05, 4.69) is 16.9 Å². The highest BCUT2D eigenvalue weighted by Crippen LogP contribution is 2.30. The fraction of sp³-hybridized carbons (Fsp3) is 0.444. The Morgan fingerprint density at radius 1 is 1.16 bits per heavy atom. The van der Waals surface area contributed by atoms with Crippen molar-refractivity contribution in [3.05, 3.63) is 53.6 Å². The number of likely N-dealkylation sites (N-methyl/N-ethyl adjacent to an activating group) is 1. The molecule has 0 N–H and O–H groups in total. The Morgan fingerprint density at radius 2 is 1.96 bits per heavy atom. The minimum Gasteiger partial charge on any atom is -0.302 e. The SMILES string of the molecule is CN1CCc2nc(C3CCN(S(=O)(=O)c4ccccc4)C3)ncc2C1. The third kappa shape index (κ3) is 3.19. The summed E-state index contributed by atoms with van der Waals surface area (Å²) in [5.41, 5.74) is 2.30. The van der Waals surface area contributed by atoms with E-state index >= 15 is 0 Å². The van der Waals surface area contributed by atoms with Gasteiger partial charge in [-0.3, -0.25) is 0 Å². The quantitative estimate of drug-likeness (QED) is 0.835. The molecule has 0 spiro atoms. The van der Waals surface area contributed by atoms with Crippen molar-refractivity contribution in [3.63, 3.8) is 0 Å². The van der Waals surface area contributed by atoms with Crippen molar-refractivity contribution in [2.75, 3.05) is 26.7 Å². The Balaban J connectivity index is 1.53. The third-order valence-corrected chi connectivity index (χ3v) is 6.92. The summed E-state index contributed by atoms with van der Waals surface area (Å²) in [7, 11) is -1.34. The Kier molecular flexibility index (Phi) is 4.31. The topological polar surface area (TPSA) is 66.4 Å². The largest absolute Gasteiger partial charge is 0.302 e. The molecule has 0 radical (unpaired) electrons. The van der Waals surface area contributed by atoms with Crippen LogP contribution in [0.5, 0.6) is 0 Å². The van der Waals surface area contributed by atoms with E-state index in [1.54, 1.807) is 28.6 Å². The Labute approximate surface area is 148 Å². The molecule has 2 aliphatic rings. The fourth-order valence-corrected chi connectivity index (χ4v) is 5.09. The van der Waals surface area contributed by atoms with Gasteiger partial charge in [0.2, 0.25) is 10.0 Å². The summed E-state index contributed by atoms with van der Waals surface area (Å²) in [6.07, 6.45) is 3.62. The molecule has 1 aromatic heterocycles. The molecule has 2 aliphatic heterocycles. The first-order valence-electron chi connectivity index (χ1n) is 8.62. The average molecular weight is 358 g/mol. The zero-order valence-corrected chi connectivity index (χ0v) is 15.1. The Morgan fingerprint density at radius 3 is 2.76 bits per heavy atom. The maximum Gasteiger partial charge on any atom is 0.243 e.